The third kappa shape index (κ3) is 4.04. The molecule has 2 heterocycles. The van der Waals surface area contributed by atoms with E-state index in [1.165, 1.54) is 17.4 Å². The molecule has 1 fully saturated rings. The number of hydrogen-bond donors (Lipinski definition) is 0. The van der Waals surface area contributed by atoms with Crippen molar-refractivity contribution in [3.8, 4) is 0 Å². The van der Waals surface area contributed by atoms with E-state index in [2.05, 4.69) is 9.88 Å². The van der Waals surface area contributed by atoms with Gasteiger partial charge in [0.05, 0.1) is 17.9 Å². The Hall–Kier alpha value is -2.87. The van der Waals surface area contributed by atoms with Crippen molar-refractivity contribution in [3.63, 3.8) is 0 Å². The van der Waals surface area contributed by atoms with Crippen LogP contribution in [0.5, 0.6) is 0 Å². The summed E-state index contributed by atoms with van der Waals surface area (Å²) in [7, 11) is 0. The van der Waals surface area contributed by atoms with E-state index in [0.29, 0.717) is 42.5 Å². The lowest BCUT2D eigenvalue weighted by molar-refractivity contribution is 0.0391. The minimum Gasteiger partial charge on any atom is -0.379 e. The van der Waals surface area contributed by atoms with Gasteiger partial charge < -0.3 is 4.74 Å². The lowest BCUT2D eigenvalue weighted by Crippen LogP contribution is -2.43. The summed E-state index contributed by atoms with van der Waals surface area (Å²) >= 11 is 1.35. The highest BCUT2D eigenvalue weighted by atomic mass is 32.1. The van der Waals surface area contributed by atoms with Crippen LogP contribution >= 0.6 is 11.3 Å². The van der Waals surface area contributed by atoms with Crippen LogP contribution in [0.4, 0.5) is 9.52 Å². The number of aromatic nitrogens is 1. The van der Waals surface area contributed by atoms with Crippen molar-refractivity contribution in [3.05, 3.63) is 72.0 Å². The molecule has 158 valence electrons. The fourth-order valence-corrected chi connectivity index (χ4v) is 4.93. The summed E-state index contributed by atoms with van der Waals surface area (Å²) in [6, 6.07) is 18.5. The van der Waals surface area contributed by atoms with Crippen LogP contribution in [-0.4, -0.2) is 55.2 Å². The molecule has 1 amide bonds. The van der Waals surface area contributed by atoms with E-state index in [1.807, 2.05) is 48.5 Å². The highest BCUT2D eigenvalue weighted by Gasteiger charge is 2.24. The van der Waals surface area contributed by atoms with Crippen LogP contribution in [-0.2, 0) is 4.74 Å². The predicted molar refractivity (Wildman–Crippen MR) is 122 cm³/mol. The second-order valence-corrected chi connectivity index (χ2v) is 8.53. The largest absolute Gasteiger partial charge is 0.379 e. The fraction of sp³-hybridized carbons (Fsp3) is 0.250. The van der Waals surface area contributed by atoms with E-state index in [0.717, 1.165) is 28.6 Å². The number of morpholine rings is 1. The zero-order valence-corrected chi connectivity index (χ0v) is 17.8. The Morgan fingerprint density at radius 3 is 2.68 bits per heavy atom. The van der Waals surface area contributed by atoms with Gasteiger partial charge in [-0.05, 0) is 29.0 Å². The summed E-state index contributed by atoms with van der Waals surface area (Å²) in [4.78, 5) is 22.2. The van der Waals surface area contributed by atoms with Gasteiger partial charge >= 0.3 is 0 Å². The van der Waals surface area contributed by atoms with Crippen molar-refractivity contribution in [1.29, 1.82) is 0 Å². The zero-order valence-electron chi connectivity index (χ0n) is 17.0. The van der Waals surface area contributed by atoms with Crippen LogP contribution in [0.3, 0.4) is 0 Å². The monoisotopic (exact) mass is 435 g/mol. The second kappa shape index (κ2) is 8.70. The molecular weight excluding hydrogens is 413 g/mol. The number of benzene rings is 3. The highest BCUT2D eigenvalue weighted by Crippen LogP contribution is 2.32. The van der Waals surface area contributed by atoms with Crippen molar-refractivity contribution in [2.75, 3.05) is 44.3 Å². The average molecular weight is 436 g/mol. The maximum Gasteiger partial charge on any atom is 0.260 e. The normalized spacial score (nSPS) is 14.9. The number of halogens is 1. The van der Waals surface area contributed by atoms with Gasteiger partial charge in [-0.2, -0.15) is 0 Å². The summed E-state index contributed by atoms with van der Waals surface area (Å²) in [5.41, 5.74) is 0.935. The molecule has 3 aromatic carbocycles. The topological polar surface area (TPSA) is 45.7 Å². The summed E-state index contributed by atoms with van der Waals surface area (Å²) < 4.78 is 20.5. The number of nitrogens with zero attached hydrogens (tertiary/aromatic N) is 3. The summed E-state index contributed by atoms with van der Waals surface area (Å²) in [6.07, 6.45) is 0. The van der Waals surface area contributed by atoms with Crippen molar-refractivity contribution >= 4 is 43.4 Å². The van der Waals surface area contributed by atoms with Gasteiger partial charge in [-0.3, -0.25) is 14.6 Å². The Morgan fingerprint density at radius 1 is 1.06 bits per heavy atom. The molecule has 0 saturated carbocycles. The zero-order chi connectivity index (χ0) is 21.2. The Bertz CT molecular complexity index is 1230. The molecule has 0 N–H and O–H groups in total. The number of rotatable bonds is 5. The van der Waals surface area contributed by atoms with Gasteiger partial charge in [-0.25, -0.2) is 9.37 Å². The first kappa shape index (κ1) is 20.1. The number of amides is 1. The van der Waals surface area contributed by atoms with Gasteiger partial charge in [-0.15, -0.1) is 0 Å². The van der Waals surface area contributed by atoms with E-state index in [4.69, 9.17) is 4.74 Å². The number of fused-ring (bicyclic) bond motifs is 2. The smallest absolute Gasteiger partial charge is 0.260 e. The van der Waals surface area contributed by atoms with Crippen molar-refractivity contribution < 1.29 is 13.9 Å². The Kier molecular flexibility index (Phi) is 5.63. The van der Waals surface area contributed by atoms with Crippen LogP contribution < -0.4 is 4.90 Å². The van der Waals surface area contributed by atoms with E-state index in [1.54, 1.807) is 11.0 Å². The van der Waals surface area contributed by atoms with Crippen LogP contribution in [0.15, 0.2) is 60.7 Å². The summed E-state index contributed by atoms with van der Waals surface area (Å²) in [5.74, 6) is -0.490. The van der Waals surface area contributed by atoms with Gasteiger partial charge in [0.25, 0.3) is 5.91 Å². The lowest BCUT2D eigenvalue weighted by atomic mass is 10.0. The van der Waals surface area contributed by atoms with Gasteiger partial charge in [0.2, 0.25) is 0 Å². The van der Waals surface area contributed by atoms with Crippen LogP contribution in [0.25, 0.3) is 21.0 Å². The molecule has 0 spiro atoms. The van der Waals surface area contributed by atoms with Gasteiger partial charge in [0.1, 0.15) is 11.3 Å². The summed E-state index contributed by atoms with van der Waals surface area (Å²) in [6.45, 7) is 4.25. The number of ether oxygens (including phenoxy) is 1. The Morgan fingerprint density at radius 2 is 1.84 bits per heavy atom. The van der Waals surface area contributed by atoms with Crippen LogP contribution in [0, 0.1) is 5.82 Å². The fourth-order valence-electron chi connectivity index (χ4n) is 3.93. The highest BCUT2D eigenvalue weighted by molar-refractivity contribution is 7.22. The molecule has 5 nitrogen and oxygen atoms in total. The van der Waals surface area contributed by atoms with E-state index < -0.39 is 0 Å². The number of para-hydroxylation sites is 1. The van der Waals surface area contributed by atoms with Crippen LogP contribution in [0.2, 0.25) is 0 Å². The molecule has 1 aliphatic heterocycles. The van der Waals surface area contributed by atoms with E-state index in [9.17, 15) is 9.18 Å². The lowest BCUT2D eigenvalue weighted by Gasteiger charge is -2.29. The van der Waals surface area contributed by atoms with Gasteiger partial charge in [0.15, 0.2) is 5.13 Å². The first-order chi connectivity index (χ1) is 15.2. The first-order valence-electron chi connectivity index (χ1n) is 10.4. The third-order valence-electron chi connectivity index (χ3n) is 5.60. The summed E-state index contributed by atoms with van der Waals surface area (Å²) in [5, 5.41) is 2.43. The SMILES string of the molecule is O=C(c1cccc2ccccc12)N(CCN1CCOCC1)c1nc2c(F)cccc2s1. The molecule has 0 bridgehead atoms. The predicted octanol–water partition coefficient (Wildman–Crippen LogP) is 4.57. The average Bonchev–Trinajstić information content (AvgIpc) is 3.25. The molecule has 5 rings (SSSR count). The maximum absolute atomic E-state index is 14.3. The number of thiazole rings is 1. The van der Waals surface area contributed by atoms with Gasteiger partial charge in [-0.1, -0.05) is 53.8 Å². The minimum absolute atomic E-state index is 0.121. The standard InChI is InChI=1S/C24H22FN3O2S/c25-20-9-4-10-21-22(20)26-24(31-21)28(12-11-27-13-15-30-16-14-27)23(29)19-8-3-6-17-5-1-2-7-18(17)19/h1-10H,11-16H2. The molecule has 0 radical (unpaired) electrons. The molecule has 0 atom stereocenters. The molecule has 7 heteroatoms. The third-order valence-corrected chi connectivity index (χ3v) is 6.64. The second-order valence-electron chi connectivity index (χ2n) is 7.52. The number of carbonyl (C=O) groups excluding carboxylic acids is 1. The Balaban J connectivity index is 1.53. The molecule has 4 aromatic rings. The molecule has 0 aliphatic carbocycles. The van der Waals surface area contributed by atoms with Crippen molar-refractivity contribution in [2.24, 2.45) is 0 Å². The maximum atomic E-state index is 14.3. The Labute approximate surface area is 183 Å². The van der Waals surface area contributed by atoms with Gasteiger partial charge in [0, 0.05) is 31.7 Å². The van der Waals surface area contributed by atoms with E-state index >= 15 is 0 Å². The molecule has 1 saturated heterocycles. The molecule has 1 aromatic heterocycles. The number of carbonyl (C=O) groups is 1. The van der Waals surface area contributed by atoms with Crippen molar-refractivity contribution in [1.82, 2.24) is 9.88 Å². The minimum atomic E-state index is -0.370. The first-order valence-corrected chi connectivity index (χ1v) is 11.2. The molecule has 31 heavy (non-hydrogen) atoms. The molecular formula is C24H22FN3O2S. The van der Waals surface area contributed by atoms with Crippen molar-refractivity contribution in [2.45, 2.75) is 0 Å². The molecule has 0 unspecified atom stereocenters. The van der Waals surface area contributed by atoms with E-state index in [-0.39, 0.29) is 11.7 Å². The number of hydrogen-bond acceptors (Lipinski definition) is 5. The molecule has 1 aliphatic rings. The van der Waals surface area contributed by atoms with Crippen LogP contribution in [0.1, 0.15) is 10.4 Å². The quantitative estimate of drug-likeness (QED) is 0.461. The number of anilines is 1.